The monoisotopic (exact) mass is 282 g/mol. The number of aldehydes is 1. The quantitative estimate of drug-likeness (QED) is 0.579. The number of hydrogen-bond acceptors (Lipinski definition) is 1. The molecule has 2 aromatic rings. The maximum Gasteiger partial charge on any atom is 0.150 e. The second-order valence-electron chi connectivity index (χ2n) is 2.83. The molecule has 0 unspecified atom stereocenters. The lowest BCUT2D eigenvalue weighted by Gasteiger charge is -2.00. The molecule has 0 aliphatic heterocycles. The molecule has 0 fully saturated rings. The number of carbonyl (C=O) groups is 1. The average molecular weight is 282 g/mol. The fourth-order valence-corrected chi connectivity index (χ4v) is 1.90. The summed E-state index contributed by atoms with van der Waals surface area (Å²) >= 11 is 2.26. The molecule has 0 N–H and O–H groups in total. The molecule has 2 heteroatoms. The van der Waals surface area contributed by atoms with Crippen LogP contribution in [0, 0.1) is 3.57 Å². The molecule has 0 amide bonds. The highest BCUT2D eigenvalue weighted by Gasteiger charge is 1.98. The van der Waals surface area contributed by atoms with Crippen molar-refractivity contribution in [3.63, 3.8) is 0 Å². The van der Waals surface area contributed by atoms with E-state index in [0.29, 0.717) is 0 Å². The van der Waals surface area contributed by atoms with Crippen LogP contribution in [0.2, 0.25) is 0 Å². The molecule has 0 radical (unpaired) electrons. The van der Waals surface area contributed by atoms with E-state index in [1.165, 1.54) is 3.57 Å². The number of rotatable bonds is 1. The zero-order valence-electron chi connectivity index (χ0n) is 6.83. The summed E-state index contributed by atoms with van der Waals surface area (Å²) in [5.41, 5.74) is 0.758. The van der Waals surface area contributed by atoms with Crippen LogP contribution < -0.4 is 0 Å². The Labute approximate surface area is 89.9 Å². The van der Waals surface area contributed by atoms with Gasteiger partial charge in [-0.05, 0) is 45.5 Å². The molecule has 0 aromatic heterocycles. The van der Waals surface area contributed by atoms with Crippen LogP contribution in [0.25, 0.3) is 10.8 Å². The van der Waals surface area contributed by atoms with E-state index in [1.807, 2.05) is 30.3 Å². The van der Waals surface area contributed by atoms with Crippen LogP contribution in [0.3, 0.4) is 0 Å². The number of benzene rings is 2. The number of carbonyl (C=O) groups excluding carboxylic acids is 1. The van der Waals surface area contributed by atoms with Crippen molar-refractivity contribution in [1.82, 2.24) is 0 Å². The van der Waals surface area contributed by atoms with Crippen LogP contribution in [-0.4, -0.2) is 6.29 Å². The highest BCUT2D eigenvalue weighted by Crippen LogP contribution is 2.19. The molecule has 0 aliphatic rings. The second kappa shape index (κ2) is 3.46. The van der Waals surface area contributed by atoms with Crippen molar-refractivity contribution in [3.8, 4) is 0 Å². The topological polar surface area (TPSA) is 17.1 Å². The summed E-state index contributed by atoms with van der Waals surface area (Å²) in [7, 11) is 0. The molecule has 0 saturated heterocycles. The summed E-state index contributed by atoms with van der Waals surface area (Å²) in [6.45, 7) is 0. The van der Waals surface area contributed by atoms with Gasteiger partial charge >= 0.3 is 0 Å². The lowest BCUT2D eigenvalue weighted by Crippen LogP contribution is -1.83. The molecule has 0 spiro atoms. The van der Waals surface area contributed by atoms with E-state index >= 15 is 0 Å². The van der Waals surface area contributed by atoms with E-state index in [0.717, 1.165) is 22.6 Å². The molecule has 0 heterocycles. The van der Waals surface area contributed by atoms with Gasteiger partial charge in [-0.1, -0.05) is 24.3 Å². The first kappa shape index (κ1) is 8.69. The average Bonchev–Trinajstić information content (AvgIpc) is 2.16. The largest absolute Gasteiger partial charge is 0.298 e. The number of fused-ring (bicyclic) bond motifs is 1. The summed E-state index contributed by atoms with van der Waals surface area (Å²) in [5.74, 6) is 0. The van der Waals surface area contributed by atoms with E-state index in [1.54, 1.807) is 0 Å². The normalized spacial score (nSPS) is 10.2. The molecular weight excluding hydrogens is 275 g/mol. The summed E-state index contributed by atoms with van der Waals surface area (Å²) < 4.78 is 1.19. The van der Waals surface area contributed by atoms with Crippen LogP contribution in [0.15, 0.2) is 36.4 Å². The highest BCUT2D eigenvalue weighted by molar-refractivity contribution is 14.1. The Morgan fingerprint density at radius 3 is 2.77 bits per heavy atom. The van der Waals surface area contributed by atoms with Gasteiger partial charge < -0.3 is 0 Å². The van der Waals surface area contributed by atoms with Crippen LogP contribution in [0.4, 0.5) is 0 Å². The van der Waals surface area contributed by atoms with E-state index in [-0.39, 0.29) is 0 Å². The minimum absolute atomic E-state index is 0.758. The van der Waals surface area contributed by atoms with Crippen molar-refractivity contribution >= 4 is 39.6 Å². The Bertz CT molecular complexity index is 463. The van der Waals surface area contributed by atoms with Crippen LogP contribution in [0.1, 0.15) is 10.4 Å². The molecule has 0 atom stereocenters. The van der Waals surface area contributed by atoms with Gasteiger partial charge in [0.15, 0.2) is 6.29 Å². The third-order valence-corrected chi connectivity index (χ3v) is 2.67. The van der Waals surface area contributed by atoms with Gasteiger partial charge in [-0.3, -0.25) is 4.79 Å². The second-order valence-corrected chi connectivity index (χ2v) is 4.08. The van der Waals surface area contributed by atoms with Crippen molar-refractivity contribution in [2.45, 2.75) is 0 Å². The van der Waals surface area contributed by atoms with Gasteiger partial charge in [0, 0.05) is 9.13 Å². The number of hydrogen-bond donors (Lipinski definition) is 0. The lowest BCUT2D eigenvalue weighted by atomic mass is 10.1. The molecule has 2 aromatic carbocycles. The highest BCUT2D eigenvalue weighted by atomic mass is 127. The molecule has 0 bridgehead atoms. The van der Waals surface area contributed by atoms with Gasteiger partial charge in [0.25, 0.3) is 0 Å². The zero-order valence-corrected chi connectivity index (χ0v) is 8.99. The van der Waals surface area contributed by atoms with Gasteiger partial charge in [0.2, 0.25) is 0 Å². The molecular formula is C11H7IO. The Balaban J connectivity index is 2.84. The van der Waals surface area contributed by atoms with Gasteiger partial charge in [-0.25, -0.2) is 0 Å². The maximum absolute atomic E-state index is 10.7. The third-order valence-electron chi connectivity index (χ3n) is 2.00. The lowest BCUT2D eigenvalue weighted by molar-refractivity contribution is 0.112. The molecule has 0 saturated carbocycles. The van der Waals surface area contributed by atoms with Crippen molar-refractivity contribution in [3.05, 3.63) is 45.5 Å². The SMILES string of the molecule is O=Cc1cccc2cc(I)ccc12. The summed E-state index contributed by atoms with van der Waals surface area (Å²) in [4.78, 5) is 10.7. The van der Waals surface area contributed by atoms with Gasteiger partial charge in [-0.2, -0.15) is 0 Å². The van der Waals surface area contributed by atoms with Crippen molar-refractivity contribution in [2.75, 3.05) is 0 Å². The van der Waals surface area contributed by atoms with Crippen molar-refractivity contribution in [2.24, 2.45) is 0 Å². The molecule has 2 rings (SSSR count). The minimum Gasteiger partial charge on any atom is -0.298 e. The maximum atomic E-state index is 10.7. The molecule has 13 heavy (non-hydrogen) atoms. The third kappa shape index (κ3) is 1.58. The first-order chi connectivity index (χ1) is 6.31. The van der Waals surface area contributed by atoms with Crippen LogP contribution in [-0.2, 0) is 0 Å². The van der Waals surface area contributed by atoms with Crippen molar-refractivity contribution < 1.29 is 4.79 Å². The van der Waals surface area contributed by atoms with Crippen LogP contribution in [0.5, 0.6) is 0 Å². The van der Waals surface area contributed by atoms with Gasteiger partial charge in [0.05, 0.1) is 0 Å². The molecule has 0 aliphatic carbocycles. The Morgan fingerprint density at radius 2 is 2.00 bits per heavy atom. The first-order valence-electron chi connectivity index (χ1n) is 3.95. The van der Waals surface area contributed by atoms with E-state index < -0.39 is 0 Å². The summed E-state index contributed by atoms with van der Waals surface area (Å²) in [5, 5.41) is 2.15. The minimum atomic E-state index is 0.758. The molecule has 64 valence electrons. The fraction of sp³-hybridized carbons (Fsp3) is 0. The van der Waals surface area contributed by atoms with E-state index in [4.69, 9.17) is 0 Å². The van der Waals surface area contributed by atoms with E-state index in [2.05, 4.69) is 28.7 Å². The standard InChI is InChI=1S/C11H7IO/c12-10-4-5-11-8(6-10)2-1-3-9(11)7-13/h1-7H. The Hall–Kier alpha value is -0.900. The van der Waals surface area contributed by atoms with E-state index in [9.17, 15) is 4.79 Å². The predicted octanol–water partition coefficient (Wildman–Crippen LogP) is 3.26. The van der Waals surface area contributed by atoms with Gasteiger partial charge in [-0.15, -0.1) is 0 Å². The first-order valence-corrected chi connectivity index (χ1v) is 5.02. The summed E-state index contributed by atoms with van der Waals surface area (Å²) in [6.07, 6.45) is 0.898. The Morgan fingerprint density at radius 1 is 1.15 bits per heavy atom. The van der Waals surface area contributed by atoms with Crippen molar-refractivity contribution in [1.29, 1.82) is 0 Å². The number of halogens is 1. The predicted molar refractivity (Wildman–Crippen MR) is 62.1 cm³/mol. The van der Waals surface area contributed by atoms with Gasteiger partial charge in [0.1, 0.15) is 0 Å². The Kier molecular flexibility index (Phi) is 2.31. The zero-order chi connectivity index (χ0) is 9.26. The molecule has 1 nitrogen and oxygen atoms in total. The van der Waals surface area contributed by atoms with Crippen LogP contribution >= 0.6 is 22.6 Å². The summed E-state index contributed by atoms with van der Waals surface area (Å²) in [6, 6.07) is 11.8. The smallest absolute Gasteiger partial charge is 0.150 e. The fourth-order valence-electron chi connectivity index (χ4n) is 1.38.